The summed E-state index contributed by atoms with van der Waals surface area (Å²) in [6, 6.07) is 7.07. The van der Waals surface area contributed by atoms with E-state index in [9.17, 15) is 9.90 Å². The van der Waals surface area contributed by atoms with E-state index in [1.165, 1.54) is 4.90 Å². The highest BCUT2D eigenvalue weighted by Crippen LogP contribution is 2.14. The molecule has 0 aliphatic rings. The van der Waals surface area contributed by atoms with Gasteiger partial charge in [0.25, 0.3) is 0 Å². The van der Waals surface area contributed by atoms with Crippen LogP contribution in [0.5, 0.6) is 5.75 Å². The van der Waals surface area contributed by atoms with Crippen molar-refractivity contribution in [1.82, 2.24) is 10.2 Å². The minimum absolute atomic E-state index is 0.0189. The summed E-state index contributed by atoms with van der Waals surface area (Å²) in [5.41, 5.74) is 0.795. The number of phenolic OH excluding ortho intramolecular Hbond substituents is 1. The van der Waals surface area contributed by atoms with Crippen LogP contribution in [0, 0.1) is 0 Å². The number of para-hydroxylation sites is 1. The molecule has 0 heterocycles. The van der Waals surface area contributed by atoms with Gasteiger partial charge in [0.05, 0.1) is 6.54 Å². The highest BCUT2D eigenvalue weighted by Gasteiger charge is 2.03. The number of nitrogens with one attached hydrogen (secondary N) is 1. The van der Waals surface area contributed by atoms with Crippen LogP contribution in [-0.2, 0) is 11.3 Å². The topological polar surface area (TPSA) is 52.6 Å². The Hall–Kier alpha value is -1.55. The number of hydrogen-bond donors (Lipinski definition) is 2. The van der Waals surface area contributed by atoms with Crippen molar-refractivity contribution >= 4 is 5.91 Å². The molecule has 15 heavy (non-hydrogen) atoms. The van der Waals surface area contributed by atoms with Gasteiger partial charge in [0.2, 0.25) is 5.91 Å². The molecule has 1 rings (SSSR count). The average Bonchev–Trinajstić information content (AvgIpc) is 2.20. The maximum absolute atomic E-state index is 11.2. The normalized spacial score (nSPS) is 10.0. The fraction of sp³-hybridized carbons (Fsp3) is 0.364. The fourth-order valence-electron chi connectivity index (χ4n) is 1.12. The van der Waals surface area contributed by atoms with E-state index in [0.717, 1.165) is 5.56 Å². The van der Waals surface area contributed by atoms with E-state index >= 15 is 0 Å². The Morgan fingerprint density at radius 1 is 1.40 bits per heavy atom. The number of phenols is 1. The second-order valence-electron chi connectivity index (χ2n) is 3.52. The molecule has 0 saturated heterocycles. The van der Waals surface area contributed by atoms with Gasteiger partial charge in [-0.2, -0.15) is 0 Å². The predicted octanol–water partition coefficient (Wildman–Crippen LogP) is 0.570. The molecule has 4 heteroatoms. The number of carbonyl (C=O) groups is 1. The van der Waals surface area contributed by atoms with E-state index in [0.29, 0.717) is 6.54 Å². The van der Waals surface area contributed by atoms with Crippen molar-refractivity contribution in [1.29, 1.82) is 0 Å². The summed E-state index contributed by atoms with van der Waals surface area (Å²) in [5.74, 6) is 0.271. The summed E-state index contributed by atoms with van der Waals surface area (Å²) < 4.78 is 0. The van der Waals surface area contributed by atoms with Gasteiger partial charge < -0.3 is 15.3 Å². The fourth-order valence-corrected chi connectivity index (χ4v) is 1.12. The molecule has 0 bridgehead atoms. The van der Waals surface area contributed by atoms with Crippen molar-refractivity contribution in [2.45, 2.75) is 6.54 Å². The standard InChI is InChI=1S/C11H16N2O2/c1-13(2)11(15)8-12-7-9-5-3-4-6-10(9)14/h3-6,12,14H,7-8H2,1-2H3. The number of carbonyl (C=O) groups excluding carboxylic acids is 1. The molecule has 1 amide bonds. The maximum atomic E-state index is 11.2. The Balaban J connectivity index is 2.38. The highest BCUT2D eigenvalue weighted by molar-refractivity contribution is 5.77. The molecule has 0 atom stereocenters. The summed E-state index contributed by atoms with van der Waals surface area (Å²) in [5, 5.41) is 12.4. The van der Waals surface area contributed by atoms with Crippen molar-refractivity contribution in [2.24, 2.45) is 0 Å². The van der Waals surface area contributed by atoms with Gasteiger partial charge >= 0.3 is 0 Å². The molecule has 0 aliphatic heterocycles. The van der Waals surface area contributed by atoms with Gasteiger partial charge in [-0.05, 0) is 6.07 Å². The smallest absolute Gasteiger partial charge is 0.236 e. The first kappa shape index (κ1) is 11.5. The SMILES string of the molecule is CN(C)C(=O)CNCc1ccccc1O. The van der Waals surface area contributed by atoms with Crippen molar-refractivity contribution in [3.8, 4) is 5.75 Å². The maximum Gasteiger partial charge on any atom is 0.236 e. The number of amides is 1. The largest absolute Gasteiger partial charge is 0.508 e. The highest BCUT2D eigenvalue weighted by atomic mass is 16.3. The first-order chi connectivity index (χ1) is 7.11. The number of aromatic hydroxyl groups is 1. The Kier molecular flexibility index (Phi) is 4.12. The monoisotopic (exact) mass is 208 g/mol. The van der Waals surface area contributed by atoms with Crippen molar-refractivity contribution in [3.05, 3.63) is 29.8 Å². The summed E-state index contributed by atoms with van der Waals surface area (Å²) in [6.07, 6.45) is 0. The lowest BCUT2D eigenvalue weighted by molar-refractivity contribution is -0.127. The summed E-state index contributed by atoms with van der Waals surface area (Å²) in [7, 11) is 3.42. The van der Waals surface area contributed by atoms with Crippen LogP contribution in [0.2, 0.25) is 0 Å². The van der Waals surface area contributed by atoms with Gasteiger partial charge in [0, 0.05) is 26.2 Å². The van der Waals surface area contributed by atoms with Crippen LogP contribution in [0.15, 0.2) is 24.3 Å². The number of hydrogen-bond acceptors (Lipinski definition) is 3. The summed E-state index contributed by atoms with van der Waals surface area (Å²) in [4.78, 5) is 12.7. The van der Waals surface area contributed by atoms with Gasteiger partial charge in [0.15, 0.2) is 0 Å². The van der Waals surface area contributed by atoms with Crippen LogP contribution >= 0.6 is 0 Å². The zero-order valence-electron chi connectivity index (χ0n) is 9.03. The number of nitrogens with zero attached hydrogens (tertiary/aromatic N) is 1. The van der Waals surface area contributed by atoms with Crippen LogP contribution in [0.25, 0.3) is 0 Å². The number of likely N-dealkylation sites (N-methyl/N-ethyl adjacent to an activating group) is 1. The van der Waals surface area contributed by atoms with E-state index in [-0.39, 0.29) is 18.2 Å². The lowest BCUT2D eigenvalue weighted by Crippen LogP contribution is -2.32. The molecule has 2 N–H and O–H groups in total. The van der Waals surface area contributed by atoms with Gasteiger partial charge in [-0.25, -0.2) is 0 Å². The minimum Gasteiger partial charge on any atom is -0.508 e. The Morgan fingerprint density at radius 3 is 2.67 bits per heavy atom. The van der Waals surface area contributed by atoms with Crippen LogP contribution in [-0.4, -0.2) is 36.6 Å². The molecule has 4 nitrogen and oxygen atoms in total. The third-order valence-electron chi connectivity index (χ3n) is 2.08. The molecule has 0 spiro atoms. The Morgan fingerprint density at radius 2 is 2.07 bits per heavy atom. The van der Waals surface area contributed by atoms with Crippen LogP contribution in [0.4, 0.5) is 0 Å². The summed E-state index contributed by atoms with van der Waals surface area (Å²) in [6.45, 7) is 0.771. The average molecular weight is 208 g/mol. The van der Waals surface area contributed by atoms with Crippen molar-refractivity contribution in [3.63, 3.8) is 0 Å². The molecule has 1 aromatic carbocycles. The molecule has 1 aromatic rings. The van der Waals surface area contributed by atoms with E-state index in [1.54, 1.807) is 26.2 Å². The third-order valence-corrected chi connectivity index (χ3v) is 2.08. The first-order valence-corrected chi connectivity index (χ1v) is 4.79. The van der Waals surface area contributed by atoms with E-state index < -0.39 is 0 Å². The Bertz CT molecular complexity index is 337. The van der Waals surface area contributed by atoms with E-state index in [4.69, 9.17) is 0 Å². The zero-order chi connectivity index (χ0) is 11.3. The van der Waals surface area contributed by atoms with E-state index in [1.807, 2.05) is 12.1 Å². The van der Waals surface area contributed by atoms with Crippen LogP contribution in [0.1, 0.15) is 5.56 Å². The van der Waals surface area contributed by atoms with Crippen LogP contribution in [0.3, 0.4) is 0 Å². The van der Waals surface area contributed by atoms with Crippen molar-refractivity contribution < 1.29 is 9.90 Å². The van der Waals surface area contributed by atoms with Crippen LogP contribution < -0.4 is 5.32 Å². The van der Waals surface area contributed by atoms with Gasteiger partial charge in [-0.3, -0.25) is 4.79 Å². The molecule has 0 radical (unpaired) electrons. The molecule has 0 saturated carbocycles. The quantitative estimate of drug-likeness (QED) is 0.760. The van der Waals surface area contributed by atoms with Gasteiger partial charge in [-0.15, -0.1) is 0 Å². The molecular formula is C11H16N2O2. The molecule has 0 aromatic heterocycles. The molecule has 0 fully saturated rings. The minimum atomic E-state index is 0.0189. The lowest BCUT2D eigenvalue weighted by Gasteiger charge is -2.11. The third kappa shape index (κ3) is 3.59. The second kappa shape index (κ2) is 5.36. The Labute approximate surface area is 89.5 Å². The zero-order valence-corrected chi connectivity index (χ0v) is 9.03. The first-order valence-electron chi connectivity index (χ1n) is 4.79. The lowest BCUT2D eigenvalue weighted by atomic mass is 10.2. The van der Waals surface area contributed by atoms with Gasteiger partial charge in [-0.1, -0.05) is 18.2 Å². The van der Waals surface area contributed by atoms with Crippen molar-refractivity contribution in [2.75, 3.05) is 20.6 Å². The molecule has 82 valence electrons. The predicted molar refractivity (Wildman–Crippen MR) is 58.5 cm³/mol. The van der Waals surface area contributed by atoms with E-state index in [2.05, 4.69) is 5.32 Å². The second-order valence-corrected chi connectivity index (χ2v) is 3.52. The summed E-state index contributed by atoms with van der Waals surface area (Å²) >= 11 is 0. The number of benzene rings is 1. The van der Waals surface area contributed by atoms with Gasteiger partial charge in [0.1, 0.15) is 5.75 Å². The molecular weight excluding hydrogens is 192 g/mol. The molecule has 0 aliphatic carbocycles. The number of rotatable bonds is 4. The molecule has 0 unspecified atom stereocenters.